The Kier molecular flexibility index (Phi) is 5.30. The Labute approximate surface area is 156 Å². The lowest BCUT2D eigenvalue weighted by Gasteiger charge is -2.20. The number of benzene rings is 2. The van der Waals surface area contributed by atoms with Crippen molar-refractivity contribution in [2.45, 2.75) is 13.8 Å². The molecule has 0 aromatic heterocycles. The van der Waals surface area contributed by atoms with Gasteiger partial charge >= 0.3 is 5.97 Å². The topological polar surface area (TPSA) is 85.0 Å². The lowest BCUT2D eigenvalue weighted by atomic mass is 10.1. The van der Waals surface area contributed by atoms with Gasteiger partial charge in [0.1, 0.15) is 0 Å². The molecule has 0 unspecified atom stereocenters. The summed E-state index contributed by atoms with van der Waals surface area (Å²) in [5, 5.41) is 10.9. The second-order valence-corrected chi connectivity index (χ2v) is 5.91. The summed E-state index contributed by atoms with van der Waals surface area (Å²) in [6.07, 6.45) is 1.64. The van der Waals surface area contributed by atoms with Gasteiger partial charge in [-0.25, -0.2) is 9.79 Å². The Hall–Kier alpha value is -3.48. The lowest BCUT2D eigenvalue weighted by Crippen LogP contribution is -2.21. The molecule has 3 rings (SSSR count). The zero-order valence-electron chi connectivity index (χ0n) is 15.1. The Morgan fingerprint density at radius 1 is 1.15 bits per heavy atom. The molecule has 2 aromatic carbocycles. The number of rotatable bonds is 6. The zero-order valence-corrected chi connectivity index (χ0v) is 15.1. The first-order valence-electron chi connectivity index (χ1n) is 8.64. The number of nitro benzene ring substituents is 1. The van der Waals surface area contributed by atoms with Gasteiger partial charge in [0.15, 0.2) is 5.70 Å². The van der Waals surface area contributed by atoms with E-state index in [2.05, 4.69) is 23.7 Å². The highest BCUT2D eigenvalue weighted by molar-refractivity contribution is 6.13. The van der Waals surface area contributed by atoms with E-state index in [1.807, 2.05) is 24.3 Å². The number of anilines is 1. The maximum Gasteiger partial charge on any atom is 0.363 e. The van der Waals surface area contributed by atoms with Crippen LogP contribution in [0.2, 0.25) is 0 Å². The molecule has 0 N–H and O–H groups in total. The number of carbonyl (C=O) groups excluding carboxylic acids is 1. The highest BCUT2D eigenvalue weighted by Crippen LogP contribution is 2.22. The minimum absolute atomic E-state index is 0.0645. The van der Waals surface area contributed by atoms with Crippen molar-refractivity contribution in [2.24, 2.45) is 4.99 Å². The third-order valence-corrected chi connectivity index (χ3v) is 4.25. The van der Waals surface area contributed by atoms with Crippen LogP contribution in [0.3, 0.4) is 0 Å². The van der Waals surface area contributed by atoms with Crippen LogP contribution in [-0.4, -0.2) is 29.9 Å². The van der Waals surface area contributed by atoms with Gasteiger partial charge < -0.3 is 9.64 Å². The maximum atomic E-state index is 12.1. The number of hydrogen-bond acceptors (Lipinski definition) is 6. The second-order valence-electron chi connectivity index (χ2n) is 5.91. The summed E-state index contributed by atoms with van der Waals surface area (Å²) in [4.78, 5) is 28.9. The van der Waals surface area contributed by atoms with E-state index >= 15 is 0 Å². The fourth-order valence-corrected chi connectivity index (χ4v) is 2.81. The summed E-state index contributed by atoms with van der Waals surface area (Å²) in [6, 6.07) is 13.6. The van der Waals surface area contributed by atoms with Crippen LogP contribution >= 0.6 is 0 Å². The van der Waals surface area contributed by atoms with Crippen molar-refractivity contribution in [3.63, 3.8) is 0 Å². The molecule has 2 aromatic rings. The predicted octanol–water partition coefficient (Wildman–Crippen LogP) is 3.79. The standard InChI is InChI=1S/C20H19N3O4/c1-3-22(4-2)16-10-8-14(9-11-16)12-18-20(24)27-19(21-18)15-6-5-7-17(13-15)23(25)26/h5-13H,3-4H2,1-2H3. The van der Waals surface area contributed by atoms with Crippen molar-refractivity contribution in [3.05, 3.63) is 75.5 Å². The third kappa shape index (κ3) is 4.03. The van der Waals surface area contributed by atoms with Crippen LogP contribution < -0.4 is 4.90 Å². The number of ether oxygens (including phenoxy) is 1. The van der Waals surface area contributed by atoms with Crippen LogP contribution in [0.1, 0.15) is 25.0 Å². The predicted molar refractivity (Wildman–Crippen MR) is 104 cm³/mol. The summed E-state index contributed by atoms with van der Waals surface area (Å²) < 4.78 is 5.18. The van der Waals surface area contributed by atoms with Crippen molar-refractivity contribution < 1.29 is 14.5 Å². The molecule has 0 radical (unpaired) electrons. The third-order valence-electron chi connectivity index (χ3n) is 4.25. The van der Waals surface area contributed by atoms with Gasteiger partial charge in [-0.3, -0.25) is 10.1 Å². The maximum absolute atomic E-state index is 12.1. The molecule has 0 aliphatic carbocycles. The van der Waals surface area contributed by atoms with Gasteiger partial charge in [-0.1, -0.05) is 18.2 Å². The quantitative estimate of drug-likeness (QED) is 0.336. The van der Waals surface area contributed by atoms with Gasteiger partial charge in [0.25, 0.3) is 5.69 Å². The molecule has 0 fully saturated rings. The van der Waals surface area contributed by atoms with Gasteiger partial charge in [-0.05, 0) is 43.7 Å². The van der Waals surface area contributed by atoms with Crippen LogP contribution in [0.15, 0.2) is 59.2 Å². The smallest absolute Gasteiger partial charge is 0.363 e. The van der Waals surface area contributed by atoms with E-state index in [0.717, 1.165) is 24.3 Å². The van der Waals surface area contributed by atoms with Gasteiger partial charge in [0, 0.05) is 36.5 Å². The number of hydrogen-bond donors (Lipinski definition) is 0. The first-order valence-corrected chi connectivity index (χ1v) is 8.64. The highest BCUT2D eigenvalue weighted by atomic mass is 16.6. The number of nitro groups is 1. The Morgan fingerprint density at radius 2 is 1.85 bits per heavy atom. The minimum Gasteiger partial charge on any atom is -0.402 e. The van der Waals surface area contributed by atoms with E-state index in [-0.39, 0.29) is 17.3 Å². The molecular formula is C20H19N3O4. The van der Waals surface area contributed by atoms with Crippen molar-refractivity contribution in [1.82, 2.24) is 0 Å². The average molecular weight is 365 g/mol. The normalized spacial score (nSPS) is 14.8. The van der Waals surface area contributed by atoms with E-state index in [1.54, 1.807) is 12.1 Å². The molecule has 1 aliphatic rings. The molecule has 1 aliphatic heterocycles. The second kappa shape index (κ2) is 7.82. The molecule has 7 nitrogen and oxygen atoms in total. The van der Waals surface area contributed by atoms with E-state index in [4.69, 9.17) is 4.74 Å². The van der Waals surface area contributed by atoms with Crippen LogP contribution in [0.5, 0.6) is 0 Å². The van der Waals surface area contributed by atoms with Crippen LogP contribution in [0.25, 0.3) is 6.08 Å². The van der Waals surface area contributed by atoms with Gasteiger partial charge in [0.05, 0.1) is 4.92 Å². The first kappa shape index (κ1) is 18.3. The van der Waals surface area contributed by atoms with Crippen molar-refractivity contribution >= 4 is 29.3 Å². The number of aliphatic imine (C=N–C) groups is 1. The largest absolute Gasteiger partial charge is 0.402 e. The van der Waals surface area contributed by atoms with Crippen LogP contribution in [-0.2, 0) is 9.53 Å². The molecule has 0 spiro atoms. The number of cyclic esters (lactones) is 1. The highest BCUT2D eigenvalue weighted by Gasteiger charge is 2.25. The molecule has 27 heavy (non-hydrogen) atoms. The number of carbonyl (C=O) groups is 1. The van der Waals surface area contributed by atoms with E-state index in [9.17, 15) is 14.9 Å². The molecule has 1 heterocycles. The summed E-state index contributed by atoms with van der Waals surface area (Å²) >= 11 is 0. The average Bonchev–Trinajstić information content (AvgIpc) is 3.04. The zero-order chi connectivity index (χ0) is 19.4. The summed E-state index contributed by atoms with van der Waals surface area (Å²) in [7, 11) is 0. The summed E-state index contributed by atoms with van der Waals surface area (Å²) in [5.74, 6) is -0.515. The monoisotopic (exact) mass is 365 g/mol. The molecular weight excluding hydrogens is 346 g/mol. The molecule has 138 valence electrons. The van der Waals surface area contributed by atoms with E-state index in [0.29, 0.717) is 5.56 Å². The number of esters is 1. The molecule has 0 saturated heterocycles. The van der Waals surface area contributed by atoms with Crippen molar-refractivity contribution in [2.75, 3.05) is 18.0 Å². The van der Waals surface area contributed by atoms with Crippen molar-refractivity contribution in [3.8, 4) is 0 Å². The summed E-state index contributed by atoms with van der Waals surface area (Å²) in [6.45, 7) is 6.02. The van der Waals surface area contributed by atoms with Crippen molar-refractivity contribution in [1.29, 1.82) is 0 Å². The molecule has 0 saturated carbocycles. The fourth-order valence-electron chi connectivity index (χ4n) is 2.81. The molecule has 0 bridgehead atoms. The number of non-ortho nitro benzene ring substituents is 1. The van der Waals surface area contributed by atoms with Crippen LogP contribution in [0, 0.1) is 10.1 Å². The Balaban J connectivity index is 1.85. The molecule has 7 heteroatoms. The first-order chi connectivity index (χ1) is 13.0. The molecule has 0 atom stereocenters. The van der Waals surface area contributed by atoms with E-state index in [1.165, 1.54) is 18.2 Å². The summed E-state index contributed by atoms with van der Waals surface area (Å²) in [5.41, 5.74) is 2.39. The Morgan fingerprint density at radius 3 is 2.48 bits per heavy atom. The number of nitrogens with zero attached hydrogens (tertiary/aromatic N) is 3. The van der Waals surface area contributed by atoms with Gasteiger partial charge in [-0.2, -0.15) is 0 Å². The Bertz CT molecular complexity index is 928. The lowest BCUT2D eigenvalue weighted by molar-refractivity contribution is -0.384. The SMILES string of the molecule is CCN(CC)c1ccc(C=C2N=C(c3cccc([N+](=O)[O-])c3)OC2=O)cc1. The minimum atomic E-state index is -0.579. The fraction of sp³-hybridized carbons (Fsp3) is 0.200. The van der Waals surface area contributed by atoms with Gasteiger partial charge in [-0.15, -0.1) is 0 Å². The van der Waals surface area contributed by atoms with Gasteiger partial charge in [0.2, 0.25) is 5.90 Å². The van der Waals surface area contributed by atoms with E-state index < -0.39 is 10.9 Å². The van der Waals surface area contributed by atoms with Crippen LogP contribution in [0.4, 0.5) is 11.4 Å². The molecule has 0 amide bonds.